The van der Waals surface area contributed by atoms with E-state index in [1.165, 1.54) is 21.3 Å². The highest BCUT2D eigenvalue weighted by atomic mass is 16.5. The van der Waals surface area contributed by atoms with Crippen molar-refractivity contribution >= 4 is 11.6 Å². The molecule has 24 heavy (non-hydrogen) atoms. The molecule has 1 amide bonds. The molecule has 128 valence electrons. The summed E-state index contributed by atoms with van der Waals surface area (Å²) in [5.41, 5.74) is 7.93. The van der Waals surface area contributed by atoms with Crippen LogP contribution >= 0.6 is 0 Å². The van der Waals surface area contributed by atoms with Crippen LogP contribution in [0.2, 0.25) is 0 Å². The maximum Gasteiger partial charge on any atom is 0.251 e. The molecule has 2 aromatic carbocycles. The number of nitrogen functional groups attached to an aromatic ring is 1. The third kappa shape index (κ3) is 4.10. The molecule has 0 unspecified atom stereocenters. The summed E-state index contributed by atoms with van der Waals surface area (Å²) >= 11 is 0. The molecule has 0 aliphatic rings. The summed E-state index contributed by atoms with van der Waals surface area (Å²) in [6, 6.07) is 10.8. The van der Waals surface area contributed by atoms with E-state index in [0.717, 1.165) is 17.7 Å². The molecule has 0 saturated carbocycles. The van der Waals surface area contributed by atoms with Gasteiger partial charge in [0.2, 0.25) is 5.75 Å². The number of nitrogens with two attached hydrogens (primary N) is 1. The molecular weight excluding hydrogens is 308 g/mol. The number of hydrogen-bond donors (Lipinski definition) is 2. The highest BCUT2D eigenvalue weighted by Crippen LogP contribution is 2.38. The minimum Gasteiger partial charge on any atom is -0.493 e. The summed E-state index contributed by atoms with van der Waals surface area (Å²) in [5, 5.41) is 2.88. The van der Waals surface area contributed by atoms with E-state index >= 15 is 0 Å². The maximum atomic E-state index is 12.3. The van der Waals surface area contributed by atoms with Crippen molar-refractivity contribution in [2.45, 2.75) is 6.42 Å². The largest absolute Gasteiger partial charge is 0.493 e. The van der Waals surface area contributed by atoms with Crippen molar-refractivity contribution in [3.8, 4) is 17.2 Å². The van der Waals surface area contributed by atoms with Crippen molar-refractivity contribution < 1.29 is 19.0 Å². The molecule has 0 aromatic heterocycles. The lowest BCUT2D eigenvalue weighted by Crippen LogP contribution is -2.25. The second-order valence-electron chi connectivity index (χ2n) is 5.16. The molecular formula is C18H22N2O4. The molecule has 2 aromatic rings. The number of benzene rings is 2. The molecule has 0 spiro atoms. The van der Waals surface area contributed by atoms with E-state index in [1.54, 1.807) is 12.1 Å². The summed E-state index contributed by atoms with van der Waals surface area (Å²) < 4.78 is 15.8. The first kappa shape index (κ1) is 17.5. The standard InChI is InChI=1S/C18H22N2O4/c1-22-15-10-13(11-16(23-2)17(15)24-3)18(21)20-9-8-12-4-6-14(19)7-5-12/h4-7,10-11H,8-9,19H2,1-3H3,(H,20,21). The zero-order valence-corrected chi connectivity index (χ0v) is 14.1. The number of ether oxygens (including phenoxy) is 3. The zero-order chi connectivity index (χ0) is 17.5. The lowest BCUT2D eigenvalue weighted by molar-refractivity contribution is 0.0953. The van der Waals surface area contributed by atoms with E-state index in [4.69, 9.17) is 19.9 Å². The van der Waals surface area contributed by atoms with Gasteiger partial charge in [0.1, 0.15) is 0 Å². The van der Waals surface area contributed by atoms with Gasteiger partial charge in [0.25, 0.3) is 5.91 Å². The molecule has 3 N–H and O–H groups in total. The van der Waals surface area contributed by atoms with Crippen LogP contribution in [-0.4, -0.2) is 33.8 Å². The van der Waals surface area contributed by atoms with Crippen molar-refractivity contribution in [2.24, 2.45) is 0 Å². The lowest BCUT2D eigenvalue weighted by atomic mass is 10.1. The molecule has 0 atom stereocenters. The highest BCUT2D eigenvalue weighted by molar-refractivity contribution is 5.95. The zero-order valence-electron chi connectivity index (χ0n) is 14.1. The lowest BCUT2D eigenvalue weighted by Gasteiger charge is -2.14. The average Bonchev–Trinajstić information content (AvgIpc) is 2.61. The fraction of sp³-hybridized carbons (Fsp3) is 0.278. The number of carbonyl (C=O) groups is 1. The Balaban J connectivity index is 2.05. The van der Waals surface area contributed by atoms with Crippen LogP contribution < -0.4 is 25.3 Å². The molecule has 0 heterocycles. The second kappa shape index (κ2) is 8.10. The molecule has 0 fully saturated rings. The first-order valence-electron chi connectivity index (χ1n) is 7.51. The van der Waals surface area contributed by atoms with Crippen LogP contribution in [0, 0.1) is 0 Å². The van der Waals surface area contributed by atoms with Crippen LogP contribution in [0.3, 0.4) is 0 Å². The summed E-state index contributed by atoms with van der Waals surface area (Å²) in [5.74, 6) is 1.14. The maximum absolute atomic E-state index is 12.3. The van der Waals surface area contributed by atoms with Gasteiger partial charge in [0, 0.05) is 17.8 Å². The molecule has 0 saturated heterocycles. The average molecular weight is 330 g/mol. The Morgan fingerprint density at radius 1 is 1.00 bits per heavy atom. The van der Waals surface area contributed by atoms with Gasteiger partial charge in [-0.05, 0) is 36.2 Å². The van der Waals surface area contributed by atoms with E-state index < -0.39 is 0 Å². The minimum absolute atomic E-state index is 0.204. The van der Waals surface area contributed by atoms with Gasteiger partial charge in [0.05, 0.1) is 21.3 Å². The summed E-state index contributed by atoms with van der Waals surface area (Å²) in [7, 11) is 4.55. The third-order valence-corrected chi connectivity index (χ3v) is 3.61. The number of hydrogen-bond acceptors (Lipinski definition) is 5. The van der Waals surface area contributed by atoms with Crippen LogP contribution in [0.4, 0.5) is 5.69 Å². The van der Waals surface area contributed by atoms with Crippen LogP contribution in [0.5, 0.6) is 17.2 Å². The van der Waals surface area contributed by atoms with Crippen molar-refractivity contribution in [3.05, 3.63) is 47.5 Å². The Labute approximate surface area is 141 Å². The SMILES string of the molecule is COc1cc(C(=O)NCCc2ccc(N)cc2)cc(OC)c1OC. The number of nitrogens with one attached hydrogen (secondary N) is 1. The minimum atomic E-state index is -0.204. The van der Waals surface area contributed by atoms with Crippen LogP contribution in [0.1, 0.15) is 15.9 Å². The van der Waals surface area contributed by atoms with E-state index in [-0.39, 0.29) is 5.91 Å². The van der Waals surface area contributed by atoms with E-state index in [1.807, 2.05) is 24.3 Å². The van der Waals surface area contributed by atoms with Gasteiger partial charge >= 0.3 is 0 Å². The predicted molar refractivity (Wildman–Crippen MR) is 93.0 cm³/mol. The number of rotatable bonds is 7. The number of amides is 1. The van der Waals surface area contributed by atoms with E-state index in [0.29, 0.717) is 29.4 Å². The number of carbonyl (C=O) groups excluding carboxylic acids is 1. The normalized spacial score (nSPS) is 10.1. The van der Waals surface area contributed by atoms with E-state index in [2.05, 4.69) is 5.32 Å². The third-order valence-electron chi connectivity index (χ3n) is 3.61. The molecule has 0 aliphatic carbocycles. The summed E-state index contributed by atoms with van der Waals surface area (Å²) in [6.07, 6.45) is 0.719. The van der Waals surface area contributed by atoms with Gasteiger partial charge in [-0.25, -0.2) is 0 Å². The molecule has 0 radical (unpaired) electrons. The monoisotopic (exact) mass is 330 g/mol. The molecule has 6 nitrogen and oxygen atoms in total. The Kier molecular flexibility index (Phi) is 5.89. The first-order chi connectivity index (χ1) is 11.6. The van der Waals surface area contributed by atoms with Crippen LogP contribution in [0.25, 0.3) is 0 Å². The quantitative estimate of drug-likeness (QED) is 0.761. The second-order valence-corrected chi connectivity index (χ2v) is 5.16. The van der Waals surface area contributed by atoms with Gasteiger partial charge in [-0.1, -0.05) is 12.1 Å². The highest BCUT2D eigenvalue weighted by Gasteiger charge is 2.16. The van der Waals surface area contributed by atoms with Gasteiger partial charge in [0.15, 0.2) is 11.5 Å². The Hall–Kier alpha value is -2.89. The van der Waals surface area contributed by atoms with Gasteiger partial charge in [-0.15, -0.1) is 0 Å². The molecule has 0 bridgehead atoms. The number of methoxy groups -OCH3 is 3. The Morgan fingerprint density at radius 3 is 2.08 bits per heavy atom. The molecule has 6 heteroatoms. The van der Waals surface area contributed by atoms with Crippen LogP contribution in [0.15, 0.2) is 36.4 Å². The van der Waals surface area contributed by atoms with Gasteiger partial charge in [-0.3, -0.25) is 4.79 Å². The van der Waals surface area contributed by atoms with Gasteiger partial charge < -0.3 is 25.3 Å². The van der Waals surface area contributed by atoms with Crippen LogP contribution in [-0.2, 0) is 6.42 Å². The Bertz CT molecular complexity index is 674. The first-order valence-corrected chi connectivity index (χ1v) is 7.51. The Morgan fingerprint density at radius 2 is 1.58 bits per heavy atom. The molecule has 0 aliphatic heterocycles. The molecule has 2 rings (SSSR count). The predicted octanol–water partition coefficient (Wildman–Crippen LogP) is 2.27. The van der Waals surface area contributed by atoms with E-state index in [9.17, 15) is 4.79 Å². The van der Waals surface area contributed by atoms with Crippen molar-refractivity contribution in [3.63, 3.8) is 0 Å². The smallest absolute Gasteiger partial charge is 0.251 e. The summed E-state index contributed by atoms with van der Waals surface area (Å²) in [4.78, 5) is 12.3. The fourth-order valence-electron chi connectivity index (χ4n) is 2.32. The van der Waals surface area contributed by atoms with Crippen molar-refractivity contribution in [2.75, 3.05) is 33.6 Å². The van der Waals surface area contributed by atoms with Crippen molar-refractivity contribution in [1.29, 1.82) is 0 Å². The topological polar surface area (TPSA) is 82.8 Å². The van der Waals surface area contributed by atoms with Gasteiger partial charge in [-0.2, -0.15) is 0 Å². The number of anilines is 1. The summed E-state index contributed by atoms with van der Waals surface area (Å²) in [6.45, 7) is 0.513. The fourth-order valence-corrected chi connectivity index (χ4v) is 2.32. The van der Waals surface area contributed by atoms with Crippen molar-refractivity contribution in [1.82, 2.24) is 5.32 Å².